The summed E-state index contributed by atoms with van der Waals surface area (Å²) >= 11 is 0. The molecule has 1 aromatic rings. The van der Waals surface area contributed by atoms with Gasteiger partial charge in [0.05, 0.1) is 23.7 Å². The van der Waals surface area contributed by atoms with Crippen LogP contribution in [-0.2, 0) is 9.47 Å². The highest BCUT2D eigenvalue weighted by molar-refractivity contribution is 5.97. The average molecular weight is 267 g/mol. The van der Waals surface area contributed by atoms with Gasteiger partial charge in [-0.25, -0.2) is 9.59 Å². The minimum Gasteiger partial charge on any atom is -0.462 e. The van der Waals surface area contributed by atoms with Crippen molar-refractivity contribution in [3.8, 4) is 0 Å². The number of nitrogens with zero attached hydrogens (tertiary/aromatic N) is 1. The van der Waals surface area contributed by atoms with E-state index >= 15 is 0 Å². The normalized spacial score (nSPS) is 9.79. The number of rotatable bonds is 5. The van der Waals surface area contributed by atoms with E-state index in [0.717, 1.165) is 6.07 Å². The predicted molar refractivity (Wildman–Crippen MR) is 65.0 cm³/mol. The van der Waals surface area contributed by atoms with Gasteiger partial charge in [0.25, 0.3) is 5.69 Å². The van der Waals surface area contributed by atoms with Gasteiger partial charge in [-0.15, -0.1) is 0 Å². The molecule has 1 rings (SSSR count). The molecule has 0 saturated heterocycles. The number of hydrogen-bond donors (Lipinski definition) is 0. The molecule has 0 N–H and O–H groups in total. The zero-order valence-corrected chi connectivity index (χ0v) is 10.5. The first-order valence-electron chi connectivity index (χ1n) is 5.63. The molecule has 1 aromatic carbocycles. The van der Waals surface area contributed by atoms with Crippen LogP contribution in [-0.4, -0.2) is 30.1 Å². The molecule has 19 heavy (non-hydrogen) atoms. The lowest BCUT2D eigenvalue weighted by Crippen LogP contribution is -2.10. The smallest absolute Gasteiger partial charge is 0.345 e. The Morgan fingerprint density at radius 1 is 1.16 bits per heavy atom. The van der Waals surface area contributed by atoms with Crippen molar-refractivity contribution in [2.24, 2.45) is 0 Å². The average Bonchev–Trinajstić information content (AvgIpc) is 2.38. The molecule has 0 radical (unpaired) electrons. The quantitative estimate of drug-likeness (QED) is 0.459. The van der Waals surface area contributed by atoms with Crippen LogP contribution in [0.1, 0.15) is 34.6 Å². The maximum Gasteiger partial charge on any atom is 0.345 e. The Morgan fingerprint density at radius 3 is 2.26 bits per heavy atom. The number of esters is 2. The molecular weight excluding hydrogens is 254 g/mol. The van der Waals surface area contributed by atoms with Gasteiger partial charge >= 0.3 is 11.9 Å². The molecule has 102 valence electrons. The molecule has 7 nitrogen and oxygen atoms in total. The van der Waals surface area contributed by atoms with Crippen molar-refractivity contribution in [1.29, 1.82) is 0 Å². The molecule has 7 heteroatoms. The van der Waals surface area contributed by atoms with Crippen LogP contribution in [0.15, 0.2) is 18.2 Å². The van der Waals surface area contributed by atoms with Gasteiger partial charge in [0.1, 0.15) is 5.56 Å². The van der Waals surface area contributed by atoms with E-state index in [2.05, 4.69) is 0 Å². The molecule has 0 amide bonds. The molecule has 0 aromatic heterocycles. The van der Waals surface area contributed by atoms with Gasteiger partial charge < -0.3 is 9.47 Å². The van der Waals surface area contributed by atoms with E-state index in [1.807, 2.05) is 0 Å². The third-order valence-corrected chi connectivity index (χ3v) is 2.20. The van der Waals surface area contributed by atoms with Gasteiger partial charge in [0, 0.05) is 6.07 Å². The lowest BCUT2D eigenvalue weighted by atomic mass is 10.1. The van der Waals surface area contributed by atoms with Crippen molar-refractivity contribution in [3.05, 3.63) is 39.4 Å². The van der Waals surface area contributed by atoms with Crippen molar-refractivity contribution >= 4 is 17.6 Å². The first-order chi connectivity index (χ1) is 9.01. The maximum absolute atomic E-state index is 11.5. The van der Waals surface area contributed by atoms with Crippen LogP contribution in [0.4, 0.5) is 5.69 Å². The number of nitro benzene ring substituents is 1. The van der Waals surface area contributed by atoms with Crippen LogP contribution in [0.5, 0.6) is 0 Å². The summed E-state index contributed by atoms with van der Waals surface area (Å²) in [7, 11) is 0. The molecule has 0 aliphatic heterocycles. The lowest BCUT2D eigenvalue weighted by molar-refractivity contribution is -0.385. The number of nitro groups is 1. The Morgan fingerprint density at radius 2 is 1.74 bits per heavy atom. The molecule has 0 heterocycles. The van der Waals surface area contributed by atoms with E-state index in [9.17, 15) is 19.7 Å². The lowest BCUT2D eigenvalue weighted by Gasteiger charge is -2.05. The summed E-state index contributed by atoms with van der Waals surface area (Å²) in [6, 6.07) is 3.48. The first kappa shape index (κ1) is 14.6. The molecule has 0 saturated carbocycles. The number of benzene rings is 1. The number of hydrogen-bond acceptors (Lipinski definition) is 6. The van der Waals surface area contributed by atoms with Gasteiger partial charge in [-0.1, -0.05) is 0 Å². The van der Waals surface area contributed by atoms with E-state index < -0.39 is 22.5 Å². The van der Waals surface area contributed by atoms with Crippen LogP contribution in [0, 0.1) is 10.1 Å². The third-order valence-electron chi connectivity index (χ3n) is 2.20. The summed E-state index contributed by atoms with van der Waals surface area (Å²) in [4.78, 5) is 33.2. The van der Waals surface area contributed by atoms with Gasteiger partial charge in [0.15, 0.2) is 0 Å². The summed E-state index contributed by atoms with van der Waals surface area (Å²) in [5, 5.41) is 10.9. The zero-order valence-electron chi connectivity index (χ0n) is 10.5. The summed E-state index contributed by atoms with van der Waals surface area (Å²) in [6.07, 6.45) is 0. The topological polar surface area (TPSA) is 95.7 Å². The molecule has 0 fully saturated rings. The van der Waals surface area contributed by atoms with Crippen LogP contribution < -0.4 is 0 Å². The van der Waals surface area contributed by atoms with Crippen molar-refractivity contribution < 1.29 is 24.0 Å². The summed E-state index contributed by atoms with van der Waals surface area (Å²) in [6.45, 7) is 3.48. The van der Waals surface area contributed by atoms with Crippen molar-refractivity contribution in [3.63, 3.8) is 0 Å². The highest BCUT2D eigenvalue weighted by Crippen LogP contribution is 2.21. The zero-order chi connectivity index (χ0) is 14.4. The van der Waals surface area contributed by atoms with Gasteiger partial charge in [-0.05, 0) is 26.0 Å². The molecule has 0 aliphatic carbocycles. The third kappa shape index (κ3) is 3.51. The second-order valence-corrected chi connectivity index (χ2v) is 3.43. The van der Waals surface area contributed by atoms with Gasteiger partial charge in [-0.3, -0.25) is 10.1 Å². The second kappa shape index (κ2) is 6.48. The van der Waals surface area contributed by atoms with E-state index in [4.69, 9.17) is 9.47 Å². The fraction of sp³-hybridized carbons (Fsp3) is 0.333. The van der Waals surface area contributed by atoms with Crippen molar-refractivity contribution in [1.82, 2.24) is 0 Å². The van der Waals surface area contributed by atoms with E-state index in [-0.39, 0.29) is 24.3 Å². The van der Waals surface area contributed by atoms with E-state index in [1.165, 1.54) is 12.1 Å². The molecule has 0 aliphatic rings. The molecule has 0 unspecified atom stereocenters. The highest BCUT2D eigenvalue weighted by Gasteiger charge is 2.23. The summed E-state index contributed by atoms with van der Waals surface area (Å²) < 4.78 is 9.44. The minimum absolute atomic E-state index is 0.0154. The Labute approximate surface area is 109 Å². The van der Waals surface area contributed by atoms with Crippen LogP contribution in [0.2, 0.25) is 0 Å². The van der Waals surface area contributed by atoms with Crippen molar-refractivity contribution in [2.75, 3.05) is 13.2 Å². The SMILES string of the molecule is CCOC(=O)c1ccc(C(=O)OCC)c([N+](=O)[O-])c1. The Hall–Kier alpha value is -2.44. The van der Waals surface area contributed by atoms with Crippen LogP contribution >= 0.6 is 0 Å². The highest BCUT2D eigenvalue weighted by atomic mass is 16.6. The summed E-state index contributed by atoms with van der Waals surface area (Å²) in [5.41, 5.74) is -0.662. The molecule has 0 bridgehead atoms. The standard InChI is InChI=1S/C12H13NO6/c1-3-18-11(14)8-5-6-9(12(15)19-4-2)10(7-8)13(16)17/h5-7H,3-4H2,1-2H3. The van der Waals surface area contributed by atoms with Gasteiger partial charge in [0.2, 0.25) is 0 Å². The Balaban J connectivity index is 3.18. The predicted octanol–water partition coefficient (Wildman–Crippen LogP) is 1.95. The van der Waals surface area contributed by atoms with Crippen LogP contribution in [0.3, 0.4) is 0 Å². The molecule has 0 spiro atoms. The minimum atomic E-state index is -0.801. The molecule has 0 atom stereocenters. The fourth-order valence-electron chi connectivity index (χ4n) is 1.41. The van der Waals surface area contributed by atoms with E-state index in [1.54, 1.807) is 13.8 Å². The van der Waals surface area contributed by atoms with Crippen molar-refractivity contribution in [2.45, 2.75) is 13.8 Å². The second-order valence-electron chi connectivity index (χ2n) is 3.43. The van der Waals surface area contributed by atoms with Gasteiger partial charge in [-0.2, -0.15) is 0 Å². The Bertz CT molecular complexity index is 511. The number of carbonyl (C=O) groups excluding carboxylic acids is 2. The maximum atomic E-state index is 11.5. The fourth-order valence-corrected chi connectivity index (χ4v) is 1.41. The van der Waals surface area contributed by atoms with Crippen LogP contribution in [0.25, 0.3) is 0 Å². The first-order valence-corrected chi connectivity index (χ1v) is 5.63. The number of carbonyl (C=O) groups is 2. The monoisotopic (exact) mass is 267 g/mol. The van der Waals surface area contributed by atoms with E-state index in [0.29, 0.717) is 0 Å². The summed E-state index contributed by atoms with van der Waals surface area (Å²) in [5.74, 6) is -1.48. The molecular formula is C12H13NO6. The largest absolute Gasteiger partial charge is 0.462 e. The number of ether oxygens (including phenoxy) is 2. The Kier molecular flexibility index (Phi) is 4.99.